The summed E-state index contributed by atoms with van der Waals surface area (Å²) in [6, 6.07) is 16.7. The summed E-state index contributed by atoms with van der Waals surface area (Å²) in [6.07, 6.45) is 3.33. The molecule has 2 N–H and O–H groups in total. The number of hydrogen-bond donors (Lipinski definition) is 2. The maximum atomic E-state index is 12.5. The van der Waals surface area contributed by atoms with Gasteiger partial charge in [0.15, 0.2) is 0 Å². The van der Waals surface area contributed by atoms with Gasteiger partial charge in [-0.2, -0.15) is 5.10 Å². The second-order valence-electron chi connectivity index (χ2n) is 8.38. The van der Waals surface area contributed by atoms with Gasteiger partial charge in [0.1, 0.15) is 0 Å². The minimum atomic E-state index is -3.67. The van der Waals surface area contributed by atoms with Crippen LogP contribution >= 0.6 is 0 Å². The van der Waals surface area contributed by atoms with Gasteiger partial charge in [0.25, 0.3) is 0 Å². The fraction of sp³-hybridized carbons (Fsp3) is 0.304. The highest BCUT2D eigenvalue weighted by molar-refractivity contribution is 7.89. The topological polar surface area (TPSA) is 93.1 Å². The van der Waals surface area contributed by atoms with E-state index in [1.54, 1.807) is 29.2 Å². The molecule has 0 unspecified atom stereocenters. The number of nitrogens with one attached hydrogen (secondary N) is 2. The molecule has 1 amide bonds. The molecule has 0 aliphatic heterocycles. The molecule has 0 aliphatic rings. The molecule has 31 heavy (non-hydrogen) atoms. The van der Waals surface area contributed by atoms with E-state index >= 15 is 0 Å². The lowest BCUT2D eigenvalue weighted by molar-refractivity contribution is -0.116. The van der Waals surface area contributed by atoms with E-state index in [0.717, 1.165) is 11.1 Å². The number of rotatable bonds is 8. The van der Waals surface area contributed by atoms with Crippen molar-refractivity contribution in [3.63, 3.8) is 0 Å². The predicted octanol–water partition coefficient (Wildman–Crippen LogP) is 3.54. The minimum absolute atomic E-state index is 0.00728. The van der Waals surface area contributed by atoms with Crippen molar-refractivity contribution in [2.24, 2.45) is 0 Å². The molecule has 3 rings (SSSR count). The molecule has 0 saturated carbocycles. The summed E-state index contributed by atoms with van der Waals surface area (Å²) in [6.45, 7) is 6.81. The van der Waals surface area contributed by atoms with Crippen LogP contribution in [0.3, 0.4) is 0 Å². The first-order valence-corrected chi connectivity index (χ1v) is 11.6. The highest BCUT2D eigenvalue weighted by Gasteiger charge is 2.17. The fourth-order valence-corrected chi connectivity index (χ4v) is 4.06. The van der Waals surface area contributed by atoms with Crippen molar-refractivity contribution in [3.05, 3.63) is 78.1 Å². The SMILES string of the molecule is CC(C)(C)c1ccc(S(=O)(=O)NCCC(=O)Nc2cnn(Cc3ccccc3)c2)cc1. The molecule has 0 spiro atoms. The summed E-state index contributed by atoms with van der Waals surface area (Å²) in [5, 5.41) is 6.98. The Kier molecular flexibility index (Phi) is 6.92. The third-order valence-corrected chi connectivity index (χ3v) is 6.26. The largest absolute Gasteiger partial charge is 0.323 e. The predicted molar refractivity (Wildman–Crippen MR) is 121 cm³/mol. The third kappa shape index (κ3) is 6.50. The molecule has 0 atom stereocenters. The molecule has 0 saturated heterocycles. The standard InChI is InChI=1S/C23H28N4O3S/c1-23(2,3)19-9-11-21(12-10-19)31(29,30)25-14-13-22(28)26-20-15-24-27(17-20)16-18-7-5-4-6-8-18/h4-12,15,17,25H,13-14,16H2,1-3H3,(H,26,28). The van der Waals surface area contributed by atoms with E-state index in [1.165, 1.54) is 0 Å². The van der Waals surface area contributed by atoms with Gasteiger partial charge >= 0.3 is 0 Å². The summed E-state index contributed by atoms with van der Waals surface area (Å²) in [5.41, 5.74) is 2.68. The number of sulfonamides is 1. The Labute approximate surface area is 183 Å². The summed E-state index contributed by atoms with van der Waals surface area (Å²) >= 11 is 0. The molecule has 7 nitrogen and oxygen atoms in total. The average molecular weight is 441 g/mol. The highest BCUT2D eigenvalue weighted by atomic mass is 32.2. The molecule has 0 fully saturated rings. The summed E-state index contributed by atoms with van der Waals surface area (Å²) in [4.78, 5) is 12.4. The Hall–Kier alpha value is -2.97. The van der Waals surface area contributed by atoms with Crippen LogP contribution < -0.4 is 10.0 Å². The number of carbonyl (C=O) groups is 1. The number of benzene rings is 2. The van der Waals surface area contributed by atoms with E-state index in [4.69, 9.17) is 0 Å². The van der Waals surface area contributed by atoms with Crippen molar-refractivity contribution in [2.75, 3.05) is 11.9 Å². The van der Waals surface area contributed by atoms with E-state index in [2.05, 4.69) is 35.9 Å². The van der Waals surface area contributed by atoms with Crippen molar-refractivity contribution in [1.29, 1.82) is 0 Å². The van der Waals surface area contributed by atoms with Gasteiger partial charge in [0.2, 0.25) is 15.9 Å². The molecule has 1 heterocycles. The van der Waals surface area contributed by atoms with Crippen molar-refractivity contribution >= 4 is 21.6 Å². The molecule has 2 aromatic carbocycles. The van der Waals surface area contributed by atoms with Crippen molar-refractivity contribution in [3.8, 4) is 0 Å². The van der Waals surface area contributed by atoms with Gasteiger partial charge in [-0.25, -0.2) is 13.1 Å². The van der Waals surface area contributed by atoms with Gasteiger partial charge in [-0.15, -0.1) is 0 Å². The quantitative estimate of drug-likeness (QED) is 0.560. The second-order valence-corrected chi connectivity index (χ2v) is 10.1. The number of aromatic nitrogens is 2. The van der Waals surface area contributed by atoms with Crippen LogP contribution in [0.5, 0.6) is 0 Å². The van der Waals surface area contributed by atoms with Crippen molar-refractivity contribution < 1.29 is 13.2 Å². The highest BCUT2D eigenvalue weighted by Crippen LogP contribution is 2.23. The average Bonchev–Trinajstić information content (AvgIpc) is 3.14. The zero-order valence-corrected chi connectivity index (χ0v) is 18.8. The molecular formula is C23H28N4O3S. The molecule has 164 valence electrons. The van der Waals surface area contributed by atoms with Crippen LogP contribution in [0.15, 0.2) is 71.9 Å². The Balaban J connectivity index is 1.48. The van der Waals surface area contributed by atoms with E-state index < -0.39 is 10.0 Å². The maximum absolute atomic E-state index is 12.5. The maximum Gasteiger partial charge on any atom is 0.240 e. The van der Waals surface area contributed by atoms with E-state index in [9.17, 15) is 13.2 Å². The monoisotopic (exact) mass is 440 g/mol. The van der Waals surface area contributed by atoms with Gasteiger partial charge in [0.05, 0.1) is 23.3 Å². The molecular weight excluding hydrogens is 412 g/mol. The molecule has 0 bridgehead atoms. The van der Waals surface area contributed by atoms with Crippen LogP contribution in [0.1, 0.15) is 38.3 Å². The zero-order chi connectivity index (χ0) is 22.5. The Morgan fingerprint density at radius 2 is 1.71 bits per heavy atom. The molecule has 3 aromatic rings. The lowest BCUT2D eigenvalue weighted by atomic mass is 9.87. The molecule has 1 aromatic heterocycles. The van der Waals surface area contributed by atoms with Gasteiger partial charge in [-0.05, 0) is 28.7 Å². The lowest BCUT2D eigenvalue weighted by Gasteiger charge is -2.19. The molecule has 8 heteroatoms. The third-order valence-electron chi connectivity index (χ3n) is 4.78. The fourth-order valence-electron chi connectivity index (χ4n) is 3.02. The number of nitrogens with zero attached hydrogens (tertiary/aromatic N) is 2. The normalized spacial score (nSPS) is 12.0. The van der Waals surface area contributed by atoms with E-state index in [-0.39, 0.29) is 29.2 Å². The van der Waals surface area contributed by atoms with Gasteiger partial charge in [0, 0.05) is 19.2 Å². The van der Waals surface area contributed by atoms with Crippen LogP contribution in [0.4, 0.5) is 5.69 Å². The van der Waals surface area contributed by atoms with E-state index in [1.807, 2.05) is 42.5 Å². The first-order valence-electron chi connectivity index (χ1n) is 10.1. The number of carbonyl (C=O) groups excluding carboxylic acids is 1. The van der Waals surface area contributed by atoms with Crippen LogP contribution in [0, 0.1) is 0 Å². The first kappa shape index (κ1) is 22.7. The van der Waals surface area contributed by atoms with Crippen LogP contribution in [0.25, 0.3) is 0 Å². The van der Waals surface area contributed by atoms with Gasteiger partial charge in [-0.3, -0.25) is 9.48 Å². The number of hydrogen-bond acceptors (Lipinski definition) is 4. The minimum Gasteiger partial charge on any atom is -0.323 e. The Morgan fingerprint density at radius 3 is 2.35 bits per heavy atom. The van der Waals surface area contributed by atoms with Gasteiger partial charge in [-0.1, -0.05) is 63.2 Å². The van der Waals surface area contributed by atoms with Crippen molar-refractivity contribution in [1.82, 2.24) is 14.5 Å². The lowest BCUT2D eigenvalue weighted by Crippen LogP contribution is -2.28. The Bertz CT molecular complexity index is 1120. The van der Waals surface area contributed by atoms with Crippen LogP contribution in [-0.2, 0) is 26.8 Å². The summed E-state index contributed by atoms with van der Waals surface area (Å²) in [5.74, 6) is -0.287. The first-order chi connectivity index (χ1) is 14.6. The molecule has 0 aliphatic carbocycles. The van der Waals surface area contributed by atoms with Crippen LogP contribution in [0.2, 0.25) is 0 Å². The molecule has 0 radical (unpaired) electrons. The number of anilines is 1. The van der Waals surface area contributed by atoms with Crippen molar-refractivity contribution in [2.45, 2.75) is 44.0 Å². The Morgan fingerprint density at radius 1 is 1.03 bits per heavy atom. The van der Waals surface area contributed by atoms with Gasteiger partial charge < -0.3 is 5.32 Å². The zero-order valence-electron chi connectivity index (χ0n) is 18.0. The van der Waals surface area contributed by atoms with E-state index in [0.29, 0.717) is 12.2 Å². The summed E-state index contributed by atoms with van der Waals surface area (Å²) in [7, 11) is -3.67. The van der Waals surface area contributed by atoms with Crippen LogP contribution in [-0.4, -0.2) is 30.7 Å². The smallest absolute Gasteiger partial charge is 0.240 e. The number of amides is 1. The second kappa shape index (κ2) is 9.45. The summed E-state index contributed by atoms with van der Waals surface area (Å²) < 4.78 is 29.1.